The predicted octanol–water partition coefficient (Wildman–Crippen LogP) is 4.41. The first-order valence-corrected chi connectivity index (χ1v) is 10.3. The third-order valence-electron chi connectivity index (χ3n) is 5.64. The van der Waals surface area contributed by atoms with Crippen LogP contribution < -0.4 is 0 Å². The number of amides is 1. The minimum Gasteiger partial charge on any atom is -0.339 e. The normalized spacial score (nSPS) is 12.0. The summed E-state index contributed by atoms with van der Waals surface area (Å²) >= 11 is 0. The van der Waals surface area contributed by atoms with E-state index in [1.807, 2.05) is 64.2 Å². The third kappa shape index (κ3) is 4.28. The molecule has 0 saturated heterocycles. The summed E-state index contributed by atoms with van der Waals surface area (Å²) in [7, 11) is 1.84. The van der Waals surface area contributed by atoms with E-state index in [0.717, 1.165) is 33.3 Å². The van der Waals surface area contributed by atoms with Crippen molar-refractivity contribution in [2.45, 2.75) is 33.2 Å². The largest absolute Gasteiger partial charge is 0.339 e. The lowest BCUT2D eigenvalue weighted by Gasteiger charge is -2.26. The molecule has 31 heavy (non-hydrogen) atoms. The lowest BCUT2D eigenvalue weighted by molar-refractivity contribution is 0.0744. The Hall–Kier alpha value is -3.67. The van der Waals surface area contributed by atoms with Crippen LogP contribution in [0.3, 0.4) is 0 Å². The first-order valence-electron chi connectivity index (χ1n) is 10.3. The highest BCUT2D eigenvalue weighted by Gasteiger charge is 2.22. The molecule has 0 aliphatic rings. The van der Waals surface area contributed by atoms with Crippen LogP contribution in [-0.2, 0) is 6.42 Å². The Morgan fingerprint density at radius 3 is 2.61 bits per heavy atom. The lowest BCUT2D eigenvalue weighted by Crippen LogP contribution is -2.37. The molecule has 6 nitrogen and oxygen atoms in total. The number of carbonyl (C=O) groups excluding carboxylic acids is 1. The molecule has 4 aromatic rings. The Balaban J connectivity index is 1.73. The van der Waals surface area contributed by atoms with Gasteiger partial charge >= 0.3 is 0 Å². The van der Waals surface area contributed by atoms with Crippen molar-refractivity contribution in [3.8, 4) is 11.3 Å². The smallest absolute Gasteiger partial charge is 0.254 e. The van der Waals surface area contributed by atoms with E-state index in [0.29, 0.717) is 17.7 Å². The molecule has 1 aromatic carbocycles. The van der Waals surface area contributed by atoms with Gasteiger partial charge in [0.2, 0.25) is 0 Å². The van der Waals surface area contributed by atoms with Gasteiger partial charge in [0.1, 0.15) is 6.33 Å². The topological polar surface area (TPSA) is 71.9 Å². The summed E-state index contributed by atoms with van der Waals surface area (Å²) in [5.41, 5.74) is 6.09. The zero-order valence-corrected chi connectivity index (χ0v) is 18.2. The number of hydrogen-bond donors (Lipinski definition) is 0. The standard InChI is InChI=1S/C25H25N5O/c1-16-7-8-20-21(12-23(29-24(20)10-16)19-13-26-15-27-14-19)25(31)30(4)18(3)11-22-17(2)6-5-9-28-22/h5-10,12-15,18H,11H2,1-4H3/t18-/m0/s1. The van der Waals surface area contributed by atoms with Crippen molar-refractivity contribution in [3.05, 3.63) is 83.7 Å². The van der Waals surface area contributed by atoms with Crippen LogP contribution in [0.2, 0.25) is 0 Å². The van der Waals surface area contributed by atoms with Crippen molar-refractivity contribution in [1.29, 1.82) is 0 Å². The van der Waals surface area contributed by atoms with Crippen molar-refractivity contribution in [2.75, 3.05) is 7.05 Å². The molecule has 1 atom stereocenters. The Bertz CT molecular complexity index is 1240. The fourth-order valence-corrected chi connectivity index (χ4v) is 3.63. The van der Waals surface area contributed by atoms with E-state index in [2.05, 4.69) is 15.0 Å². The molecule has 0 radical (unpaired) electrons. The summed E-state index contributed by atoms with van der Waals surface area (Å²) < 4.78 is 0. The molecule has 0 fully saturated rings. The lowest BCUT2D eigenvalue weighted by atomic mass is 10.0. The Labute approximate surface area is 182 Å². The van der Waals surface area contributed by atoms with E-state index in [1.165, 1.54) is 6.33 Å². The summed E-state index contributed by atoms with van der Waals surface area (Å²) in [5.74, 6) is -0.0459. The summed E-state index contributed by atoms with van der Waals surface area (Å²) in [5, 5.41) is 0.837. The second-order valence-electron chi connectivity index (χ2n) is 7.94. The van der Waals surface area contributed by atoms with Gasteiger partial charge in [0.15, 0.2) is 0 Å². The third-order valence-corrected chi connectivity index (χ3v) is 5.64. The monoisotopic (exact) mass is 411 g/mol. The molecule has 156 valence electrons. The number of rotatable bonds is 5. The van der Waals surface area contributed by atoms with Gasteiger partial charge in [-0.3, -0.25) is 9.78 Å². The van der Waals surface area contributed by atoms with E-state index in [4.69, 9.17) is 4.98 Å². The molecular weight excluding hydrogens is 386 g/mol. The highest BCUT2D eigenvalue weighted by molar-refractivity contribution is 6.07. The zero-order chi connectivity index (χ0) is 22.0. The summed E-state index contributed by atoms with van der Waals surface area (Å²) in [6.45, 7) is 6.11. The molecule has 0 bridgehead atoms. The fraction of sp³-hybridized carbons (Fsp3) is 0.240. The van der Waals surface area contributed by atoms with Gasteiger partial charge in [-0.15, -0.1) is 0 Å². The summed E-state index contributed by atoms with van der Waals surface area (Å²) in [6.07, 6.45) is 7.39. The number of pyridine rings is 2. The molecular formula is C25H25N5O. The molecule has 0 unspecified atom stereocenters. The molecule has 0 aliphatic carbocycles. The maximum absolute atomic E-state index is 13.6. The molecule has 0 aliphatic heterocycles. The van der Waals surface area contributed by atoms with Crippen molar-refractivity contribution in [1.82, 2.24) is 24.8 Å². The van der Waals surface area contributed by atoms with Gasteiger partial charge in [0.05, 0.1) is 16.8 Å². The van der Waals surface area contributed by atoms with Gasteiger partial charge in [-0.25, -0.2) is 15.0 Å². The highest BCUT2D eigenvalue weighted by Crippen LogP contribution is 2.26. The summed E-state index contributed by atoms with van der Waals surface area (Å²) in [4.78, 5) is 32.8. The molecule has 0 spiro atoms. The molecule has 4 rings (SSSR count). The number of aryl methyl sites for hydroxylation is 2. The SMILES string of the molecule is Cc1ccc2c(C(=O)N(C)[C@@H](C)Cc3ncccc3C)cc(-c3cncnc3)nc2c1. The van der Waals surface area contributed by atoms with Crippen LogP contribution in [0.25, 0.3) is 22.2 Å². The van der Waals surface area contributed by atoms with E-state index >= 15 is 0 Å². The Morgan fingerprint density at radius 2 is 1.87 bits per heavy atom. The van der Waals surface area contributed by atoms with Crippen molar-refractivity contribution in [2.24, 2.45) is 0 Å². The van der Waals surface area contributed by atoms with Gasteiger partial charge in [-0.2, -0.15) is 0 Å². The van der Waals surface area contributed by atoms with E-state index in [1.54, 1.807) is 23.5 Å². The number of benzene rings is 1. The number of hydrogen-bond acceptors (Lipinski definition) is 5. The minimum absolute atomic E-state index is 0.0155. The maximum Gasteiger partial charge on any atom is 0.254 e. The van der Waals surface area contributed by atoms with Gasteiger partial charge in [-0.05, 0) is 50.1 Å². The number of fused-ring (bicyclic) bond motifs is 1. The Kier molecular flexibility index (Phi) is 5.71. The second kappa shape index (κ2) is 8.60. The van der Waals surface area contributed by atoms with E-state index in [9.17, 15) is 4.79 Å². The average molecular weight is 412 g/mol. The maximum atomic E-state index is 13.6. The zero-order valence-electron chi connectivity index (χ0n) is 18.2. The van der Waals surface area contributed by atoms with Gasteiger partial charge in [0, 0.05) is 54.7 Å². The first-order chi connectivity index (χ1) is 14.9. The molecule has 6 heteroatoms. The number of carbonyl (C=O) groups is 1. The van der Waals surface area contributed by atoms with Crippen LogP contribution in [0.5, 0.6) is 0 Å². The van der Waals surface area contributed by atoms with Crippen molar-refractivity contribution in [3.63, 3.8) is 0 Å². The van der Waals surface area contributed by atoms with E-state index < -0.39 is 0 Å². The predicted molar refractivity (Wildman–Crippen MR) is 122 cm³/mol. The number of nitrogens with zero attached hydrogens (tertiary/aromatic N) is 5. The van der Waals surface area contributed by atoms with Crippen LogP contribution in [-0.4, -0.2) is 43.8 Å². The van der Waals surface area contributed by atoms with Crippen LogP contribution in [0, 0.1) is 13.8 Å². The summed E-state index contributed by atoms with van der Waals surface area (Å²) in [6, 6.07) is 11.8. The van der Waals surface area contributed by atoms with Crippen LogP contribution in [0.15, 0.2) is 61.3 Å². The molecule has 1 amide bonds. The van der Waals surface area contributed by atoms with Gasteiger partial charge in [-0.1, -0.05) is 18.2 Å². The van der Waals surface area contributed by atoms with Crippen molar-refractivity contribution < 1.29 is 4.79 Å². The average Bonchev–Trinajstić information content (AvgIpc) is 2.79. The van der Waals surface area contributed by atoms with Gasteiger partial charge < -0.3 is 4.90 Å². The molecule has 0 saturated carbocycles. The minimum atomic E-state index is -0.0459. The van der Waals surface area contributed by atoms with Crippen molar-refractivity contribution >= 4 is 16.8 Å². The Morgan fingerprint density at radius 1 is 1.10 bits per heavy atom. The van der Waals surface area contributed by atoms with Gasteiger partial charge in [0.25, 0.3) is 5.91 Å². The van der Waals surface area contributed by atoms with Crippen LogP contribution >= 0.6 is 0 Å². The fourth-order valence-electron chi connectivity index (χ4n) is 3.63. The quantitative estimate of drug-likeness (QED) is 0.486. The first kappa shape index (κ1) is 20.6. The number of aromatic nitrogens is 4. The van der Waals surface area contributed by atoms with E-state index in [-0.39, 0.29) is 11.9 Å². The molecule has 0 N–H and O–H groups in total. The molecule has 3 heterocycles. The highest BCUT2D eigenvalue weighted by atomic mass is 16.2. The van der Waals surface area contributed by atoms with Crippen LogP contribution in [0.1, 0.15) is 34.1 Å². The number of likely N-dealkylation sites (N-methyl/N-ethyl adjacent to an activating group) is 1. The second-order valence-corrected chi connectivity index (χ2v) is 7.94. The molecule has 3 aromatic heterocycles. The van der Waals surface area contributed by atoms with Crippen LogP contribution in [0.4, 0.5) is 0 Å².